The summed E-state index contributed by atoms with van der Waals surface area (Å²) in [6.07, 6.45) is 0. The molecule has 2 rings (SSSR count). The average Bonchev–Trinajstić information content (AvgIpc) is 2.46. The Morgan fingerprint density at radius 2 is 1.90 bits per heavy atom. The third-order valence-corrected chi connectivity index (χ3v) is 4.65. The van der Waals surface area contributed by atoms with E-state index in [1.165, 1.54) is 19.2 Å². The lowest BCUT2D eigenvalue weighted by atomic mass is 10.2. The predicted molar refractivity (Wildman–Crippen MR) is 83.2 cm³/mol. The fourth-order valence-electron chi connectivity index (χ4n) is 1.63. The molecule has 1 aromatic carbocycles. The predicted octanol–water partition coefficient (Wildman–Crippen LogP) is 2.49. The molecule has 0 fully saturated rings. The molecule has 0 aliphatic heterocycles. The number of hydrogen-bond donors (Lipinski definition) is 1. The van der Waals surface area contributed by atoms with E-state index < -0.39 is 10.0 Å². The van der Waals surface area contributed by atoms with E-state index >= 15 is 0 Å². The van der Waals surface area contributed by atoms with Crippen molar-refractivity contribution in [3.05, 3.63) is 41.6 Å². The number of aromatic nitrogens is 2. The Morgan fingerprint density at radius 3 is 2.48 bits per heavy atom. The lowest BCUT2D eigenvalue weighted by Gasteiger charge is -2.09. The van der Waals surface area contributed by atoms with Crippen LogP contribution < -0.4 is 9.46 Å². The highest BCUT2D eigenvalue weighted by Crippen LogP contribution is 2.17. The zero-order valence-corrected chi connectivity index (χ0v) is 13.9. The van der Waals surface area contributed by atoms with Gasteiger partial charge in [-0.2, -0.15) is 4.98 Å². The van der Waals surface area contributed by atoms with Gasteiger partial charge in [0.15, 0.2) is 0 Å². The molecule has 0 amide bonds. The van der Waals surface area contributed by atoms with Gasteiger partial charge >= 0.3 is 0 Å². The standard InChI is InChI=1S/C13H14BrN3O3S/c1-9-7-12(20-2)16-13(15-9)17-21(18,19)11-5-3-10(8-14)4-6-11/h3-7H,8H2,1-2H3,(H,15,16,17). The average molecular weight is 372 g/mol. The third-order valence-electron chi connectivity index (χ3n) is 2.65. The highest BCUT2D eigenvalue weighted by atomic mass is 79.9. The van der Waals surface area contributed by atoms with Gasteiger partial charge < -0.3 is 4.74 Å². The lowest BCUT2D eigenvalue weighted by molar-refractivity contribution is 0.397. The number of hydrogen-bond acceptors (Lipinski definition) is 5. The molecular formula is C13H14BrN3O3S. The van der Waals surface area contributed by atoms with Crippen molar-refractivity contribution in [1.82, 2.24) is 9.97 Å². The number of methoxy groups -OCH3 is 1. The van der Waals surface area contributed by atoms with E-state index in [9.17, 15) is 8.42 Å². The van der Waals surface area contributed by atoms with Gasteiger partial charge in [0.1, 0.15) is 0 Å². The van der Waals surface area contributed by atoms with Crippen LogP contribution in [0.3, 0.4) is 0 Å². The maximum atomic E-state index is 12.3. The Morgan fingerprint density at radius 1 is 1.24 bits per heavy atom. The SMILES string of the molecule is COc1cc(C)nc(NS(=O)(=O)c2ccc(CBr)cc2)n1. The molecule has 1 N–H and O–H groups in total. The van der Waals surface area contributed by atoms with Crippen molar-refractivity contribution in [3.63, 3.8) is 0 Å². The van der Waals surface area contributed by atoms with Crippen LogP contribution >= 0.6 is 15.9 Å². The van der Waals surface area contributed by atoms with Gasteiger partial charge in [-0.05, 0) is 24.6 Å². The van der Waals surface area contributed by atoms with E-state index in [2.05, 4.69) is 30.6 Å². The van der Waals surface area contributed by atoms with E-state index in [4.69, 9.17) is 4.74 Å². The minimum Gasteiger partial charge on any atom is -0.481 e. The first-order valence-electron chi connectivity index (χ1n) is 6.02. The molecule has 21 heavy (non-hydrogen) atoms. The van der Waals surface area contributed by atoms with Crippen LogP contribution in [-0.2, 0) is 15.4 Å². The summed E-state index contributed by atoms with van der Waals surface area (Å²) in [7, 11) is -2.27. The summed E-state index contributed by atoms with van der Waals surface area (Å²) >= 11 is 3.31. The van der Waals surface area contributed by atoms with Crippen LogP contribution in [0.1, 0.15) is 11.3 Å². The van der Waals surface area contributed by atoms with Gasteiger partial charge in [-0.25, -0.2) is 18.1 Å². The molecule has 0 radical (unpaired) electrons. The third kappa shape index (κ3) is 3.92. The van der Waals surface area contributed by atoms with Gasteiger partial charge in [0.05, 0.1) is 12.0 Å². The lowest BCUT2D eigenvalue weighted by Crippen LogP contribution is -2.15. The van der Waals surface area contributed by atoms with Crippen molar-refractivity contribution in [3.8, 4) is 5.88 Å². The van der Waals surface area contributed by atoms with Gasteiger partial charge in [-0.3, -0.25) is 0 Å². The number of halogens is 1. The summed E-state index contributed by atoms with van der Waals surface area (Å²) in [6.45, 7) is 1.73. The molecule has 0 atom stereocenters. The van der Waals surface area contributed by atoms with E-state index in [0.717, 1.165) is 5.56 Å². The summed E-state index contributed by atoms with van der Waals surface area (Å²) in [5.41, 5.74) is 1.59. The Labute approximate surface area is 131 Å². The van der Waals surface area contributed by atoms with Crippen LogP contribution in [0.4, 0.5) is 5.95 Å². The van der Waals surface area contributed by atoms with Crippen LogP contribution in [0.2, 0.25) is 0 Å². The normalized spacial score (nSPS) is 11.2. The van der Waals surface area contributed by atoms with Gasteiger partial charge in [-0.1, -0.05) is 28.1 Å². The smallest absolute Gasteiger partial charge is 0.264 e. The first kappa shape index (κ1) is 15.7. The van der Waals surface area contributed by atoms with E-state index in [-0.39, 0.29) is 10.8 Å². The zero-order valence-electron chi connectivity index (χ0n) is 11.5. The molecule has 1 heterocycles. The largest absolute Gasteiger partial charge is 0.481 e. The van der Waals surface area contributed by atoms with Crippen LogP contribution in [0, 0.1) is 6.92 Å². The van der Waals surface area contributed by atoms with Crippen molar-refractivity contribution in [2.45, 2.75) is 17.1 Å². The number of alkyl halides is 1. The molecule has 0 bridgehead atoms. The monoisotopic (exact) mass is 371 g/mol. The number of sulfonamides is 1. The molecule has 2 aromatic rings. The number of rotatable bonds is 5. The van der Waals surface area contributed by atoms with Crippen molar-refractivity contribution in [2.75, 3.05) is 11.8 Å². The molecule has 0 saturated carbocycles. The molecule has 0 spiro atoms. The van der Waals surface area contributed by atoms with E-state index in [1.54, 1.807) is 25.1 Å². The molecule has 0 aliphatic carbocycles. The van der Waals surface area contributed by atoms with Crippen molar-refractivity contribution >= 4 is 31.9 Å². The number of benzene rings is 1. The highest BCUT2D eigenvalue weighted by Gasteiger charge is 2.16. The Balaban J connectivity index is 2.30. The van der Waals surface area contributed by atoms with Crippen molar-refractivity contribution in [2.24, 2.45) is 0 Å². The van der Waals surface area contributed by atoms with E-state index in [0.29, 0.717) is 16.9 Å². The number of aryl methyl sites for hydroxylation is 1. The van der Waals surface area contributed by atoms with Gasteiger partial charge in [-0.15, -0.1) is 0 Å². The summed E-state index contributed by atoms with van der Waals surface area (Å²) < 4.78 is 31.9. The Bertz CT molecular complexity index is 733. The van der Waals surface area contributed by atoms with Crippen molar-refractivity contribution < 1.29 is 13.2 Å². The Hall–Kier alpha value is -1.67. The van der Waals surface area contributed by atoms with Crippen LogP contribution in [0.25, 0.3) is 0 Å². The summed E-state index contributed by atoms with van der Waals surface area (Å²) in [5, 5.41) is 0.666. The summed E-state index contributed by atoms with van der Waals surface area (Å²) in [6, 6.07) is 8.16. The fourth-order valence-corrected chi connectivity index (χ4v) is 2.94. The minimum absolute atomic E-state index is 0.0172. The highest BCUT2D eigenvalue weighted by molar-refractivity contribution is 9.08. The van der Waals surface area contributed by atoms with E-state index in [1.807, 2.05) is 0 Å². The van der Waals surface area contributed by atoms with Crippen LogP contribution in [0.15, 0.2) is 35.2 Å². The quantitative estimate of drug-likeness (QED) is 0.816. The molecule has 112 valence electrons. The molecule has 0 unspecified atom stereocenters. The summed E-state index contributed by atoms with van der Waals surface area (Å²) in [4.78, 5) is 8.15. The van der Waals surface area contributed by atoms with Crippen LogP contribution in [-0.4, -0.2) is 25.5 Å². The van der Waals surface area contributed by atoms with Crippen LogP contribution in [0.5, 0.6) is 5.88 Å². The number of anilines is 1. The van der Waals surface area contributed by atoms with Gasteiger partial charge in [0.2, 0.25) is 11.8 Å². The second kappa shape index (κ2) is 6.40. The second-order valence-corrected chi connectivity index (χ2v) is 6.50. The first-order valence-corrected chi connectivity index (χ1v) is 8.62. The number of ether oxygens (including phenoxy) is 1. The minimum atomic E-state index is -3.73. The molecule has 8 heteroatoms. The van der Waals surface area contributed by atoms with Crippen molar-refractivity contribution in [1.29, 1.82) is 0 Å². The topological polar surface area (TPSA) is 81.2 Å². The first-order chi connectivity index (χ1) is 9.94. The molecular weight excluding hydrogens is 358 g/mol. The Kier molecular flexibility index (Phi) is 4.79. The molecule has 0 aliphatic rings. The van der Waals surface area contributed by atoms with Gasteiger partial charge in [0, 0.05) is 17.1 Å². The number of nitrogens with one attached hydrogen (secondary N) is 1. The fraction of sp³-hybridized carbons (Fsp3) is 0.231. The maximum absolute atomic E-state index is 12.3. The second-order valence-electron chi connectivity index (χ2n) is 4.26. The van der Waals surface area contributed by atoms with Gasteiger partial charge in [0.25, 0.3) is 10.0 Å². The number of nitrogens with zero attached hydrogens (tertiary/aromatic N) is 2. The maximum Gasteiger partial charge on any atom is 0.264 e. The zero-order chi connectivity index (χ0) is 15.5. The molecule has 6 nitrogen and oxygen atoms in total. The summed E-state index contributed by atoms with van der Waals surface area (Å²) in [5.74, 6) is 0.284. The molecule has 1 aromatic heterocycles. The molecule has 0 saturated heterocycles.